The number of methoxy groups -OCH3 is 1. The molecule has 0 bridgehead atoms. The highest BCUT2D eigenvalue weighted by atomic mass is 16.5. The van der Waals surface area contributed by atoms with E-state index >= 15 is 0 Å². The summed E-state index contributed by atoms with van der Waals surface area (Å²) in [6.45, 7) is 6.39. The lowest BCUT2D eigenvalue weighted by atomic mass is 10.1. The summed E-state index contributed by atoms with van der Waals surface area (Å²) in [6, 6.07) is 11.5. The average Bonchev–Trinajstić information content (AvgIpc) is 2.47. The monoisotopic (exact) mass is 298 g/mol. The van der Waals surface area contributed by atoms with Crippen LogP contribution in [-0.4, -0.2) is 19.6 Å². The molecule has 0 aromatic heterocycles. The third-order valence-electron chi connectivity index (χ3n) is 3.48. The molecule has 2 aromatic carbocycles. The Balaban J connectivity index is 1.95. The summed E-state index contributed by atoms with van der Waals surface area (Å²) in [5.74, 6) is 0.687. The predicted octanol–water partition coefficient (Wildman–Crippen LogP) is 3.67. The van der Waals surface area contributed by atoms with Crippen molar-refractivity contribution in [2.24, 2.45) is 0 Å². The Kier molecular flexibility index (Phi) is 5.04. The van der Waals surface area contributed by atoms with Crippen LogP contribution in [0, 0.1) is 20.8 Å². The average molecular weight is 298 g/mol. The summed E-state index contributed by atoms with van der Waals surface area (Å²) >= 11 is 0. The highest BCUT2D eigenvalue weighted by Crippen LogP contribution is 2.21. The summed E-state index contributed by atoms with van der Waals surface area (Å²) in [7, 11) is 1.61. The minimum absolute atomic E-state index is 0.0791. The fourth-order valence-electron chi connectivity index (χ4n) is 2.51. The fraction of sp³-hybridized carbons (Fsp3) is 0.278. The van der Waals surface area contributed by atoms with Gasteiger partial charge >= 0.3 is 0 Å². The number of anilines is 2. The molecule has 0 aliphatic rings. The lowest BCUT2D eigenvalue weighted by Gasteiger charge is -2.14. The summed E-state index contributed by atoms with van der Waals surface area (Å²) in [6.07, 6.45) is 0. The van der Waals surface area contributed by atoms with Crippen LogP contribution in [0.3, 0.4) is 0 Å². The minimum Gasteiger partial charge on any atom is -0.497 e. The molecule has 2 N–H and O–H groups in total. The van der Waals surface area contributed by atoms with Crippen LogP contribution >= 0.6 is 0 Å². The topological polar surface area (TPSA) is 50.4 Å². The molecule has 2 rings (SSSR count). The van der Waals surface area contributed by atoms with E-state index in [0.29, 0.717) is 0 Å². The summed E-state index contributed by atoms with van der Waals surface area (Å²) in [5.41, 5.74) is 5.30. The second-order valence-electron chi connectivity index (χ2n) is 5.40. The van der Waals surface area contributed by atoms with Crippen LogP contribution in [0.1, 0.15) is 16.7 Å². The number of hydrogen-bond acceptors (Lipinski definition) is 3. The molecule has 0 fully saturated rings. The molecule has 0 heterocycles. The van der Waals surface area contributed by atoms with Gasteiger partial charge in [0.2, 0.25) is 5.91 Å². The van der Waals surface area contributed by atoms with Crippen LogP contribution in [0.2, 0.25) is 0 Å². The van der Waals surface area contributed by atoms with Crippen LogP contribution in [-0.2, 0) is 4.79 Å². The molecule has 22 heavy (non-hydrogen) atoms. The van der Waals surface area contributed by atoms with Gasteiger partial charge in [0, 0.05) is 11.4 Å². The third kappa shape index (κ3) is 4.01. The molecule has 0 aliphatic carbocycles. The number of carbonyl (C=O) groups excluding carboxylic acids is 1. The molecule has 0 aliphatic heterocycles. The maximum atomic E-state index is 12.0. The Bertz CT molecular complexity index is 640. The van der Waals surface area contributed by atoms with Gasteiger partial charge in [-0.25, -0.2) is 0 Å². The second kappa shape index (κ2) is 6.98. The Morgan fingerprint density at radius 3 is 2.18 bits per heavy atom. The Labute approximate surface area is 131 Å². The summed E-state index contributed by atoms with van der Waals surface area (Å²) in [4.78, 5) is 12.0. The van der Waals surface area contributed by atoms with Crippen LogP contribution < -0.4 is 15.4 Å². The first-order valence-corrected chi connectivity index (χ1v) is 7.25. The van der Waals surface area contributed by atoms with Gasteiger partial charge < -0.3 is 15.4 Å². The molecular formula is C18H22N2O2. The lowest BCUT2D eigenvalue weighted by molar-refractivity contribution is -0.114. The summed E-state index contributed by atoms with van der Waals surface area (Å²) < 4.78 is 5.09. The Morgan fingerprint density at radius 2 is 1.64 bits per heavy atom. The van der Waals surface area contributed by atoms with E-state index in [1.54, 1.807) is 7.11 Å². The number of ether oxygens (including phenoxy) is 1. The fourth-order valence-corrected chi connectivity index (χ4v) is 2.51. The first kappa shape index (κ1) is 15.9. The van der Waals surface area contributed by atoms with Crippen molar-refractivity contribution in [1.82, 2.24) is 0 Å². The van der Waals surface area contributed by atoms with E-state index in [-0.39, 0.29) is 12.5 Å². The molecule has 0 radical (unpaired) electrons. The highest BCUT2D eigenvalue weighted by molar-refractivity contribution is 5.94. The van der Waals surface area contributed by atoms with Gasteiger partial charge in [0.25, 0.3) is 0 Å². The van der Waals surface area contributed by atoms with Gasteiger partial charge in [-0.3, -0.25) is 4.79 Å². The number of rotatable bonds is 5. The van der Waals surface area contributed by atoms with E-state index in [0.717, 1.165) is 28.3 Å². The van der Waals surface area contributed by atoms with Crippen molar-refractivity contribution in [2.75, 3.05) is 24.3 Å². The molecule has 0 spiro atoms. The van der Waals surface area contributed by atoms with Crippen LogP contribution in [0.25, 0.3) is 0 Å². The largest absolute Gasteiger partial charge is 0.497 e. The zero-order chi connectivity index (χ0) is 16.1. The quantitative estimate of drug-likeness (QED) is 0.885. The molecule has 116 valence electrons. The van der Waals surface area contributed by atoms with Crippen molar-refractivity contribution in [2.45, 2.75) is 20.8 Å². The number of benzene rings is 2. The van der Waals surface area contributed by atoms with Crippen LogP contribution in [0.4, 0.5) is 11.4 Å². The maximum Gasteiger partial charge on any atom is 0.243 e. The van der Waals surface area contributed by atoms with Crippen molar-refractivity contribution < 1.29 is 9.53 Å². The molecule has 0 atom stereocenters. The van der Waals surface area contributed by atoms with Crippen LogP contribution in [0.5, 0.6) is 5.75 Å². The zero-order valence-electron chi connectivity index (χ0n) is 13.5. The van der Waals surface area contributed by atoms with Crippen molar-refractivity contribution >= 4 is 17.3 Å². The summed E-state index contributed by atoms with van der Waals surface area (Å²) in [5, 5.41) is 6.07. The van der Waals surface area contributed by atoms with Crippen LogP contribution in [0.15, 0.2) is 36.4 Å². The van der Waals surface area contributed by atoms with Crippen molar-refractivity contribution in [1.29, 1.82) is 0 Å². The smallest absolute Gasteiger partial charge is 0.243 e. The van der Waals surface area contributed by atoms with Gasteiger partial charge in [-0.15, -0.1) is 0 Å². The van der Waals surface area contributed by atoms with Gasteiger partial charge in [-0.2, -0.15) is 0 Å². The Hall–Kier alpha value is -2.49. The molecule has 1 amide bonds. The van der Waals surface area contributed by atoms with Gasteiger partial charge in [0.15, 0.2) is 0 Å². The van der Waals surface area contributed by atoms with E-state index in [2.05, 4.69) is 29.7 Å². The third-order valence-corrected chi connectivity index (χ3v) is 3.48. The van der Waals surface area contributed by atoms with Gasteiger partial charge in [-0.1, -0.05) is 17.7 Å². The SMILES string of the molecule is COc1ccc(NC(=O)CNc2c(C)cc(C)cc2C)cc1. The first-order valence-electron chi connectivity index (χ1n) is 7.25. The lowest BCUT2D eigenvalue weighted by Crippen LogP contribution is -2.22. The molecule has 0 saturated heterocycles. The van der Waals surface area contributed by atoms with E-state index < -0.39 is 0 Å². The zero-order valence-corrected chi connectivity index (χ0v) is 13.5. The Morgan fingerprint density at radius 1 is 1.05 bits per heavy atom. The maximum absolute atomic E-state index is 12.0. The number of hydrogen-bond donors (Lipinski definition) is 2. The molecule has 0 saturated carbocycles. The number of aryl methyl sites for hydroxylation is 3. The van der Waals surface area contributed by atoms with E-state index in [4.69, 9.17) is 4.74 Å². The first-order chi connectivity index (χ1) is 10.5. The van der Waals surface area contributed by atoms with Gasteiger partial charge in [0.1, 0.15) is 5.75 Å². The van der Waals surface area contributed by atoms with E-state index in [1.165, 1.54) is 5.56 Å². The highest BCUT2D eigenvalue weighted by Gasteiger charge is 2.07. The van der Waals surface area contributed by atoms with Crippen molar-refractivity contribution in [3.8, 4) is 5.75 Å². The molecule has 4 heteroatoms. The normalized spacial score (nSPS) is 10.2. The number of amides is 1. The second-order valence-corrected chi connectivity index (χ2v) is 5.40. The van der Waals surface area contributed by atoms with Crippen molar-refractivity contribution in [3.63, 3.8) is 0 Å². The molecule has 0 unspecified atom stereocenters. The minimum atomic E-state index is -0.0791. The predicted molar refractivity (Wildman–Crippen MR) is 90.8 cm³/mol. The molecule has 4 nitrogen and oxygen atoms in total. The molecule has 2 aromatic rings. The number of nitrogens with one attached hydrogen (secondary N) is 2. The van der Waals surface area contributed by atoms with Gasteiger partial charge in [-0.05, 0) is 56.2 Å². The van der Waals surface area contributed by atoms with E-state index in [1.807, 2.05) is 38.1 Å². The van der Waals surface area contributed by atoms with Gasteiger partial charge in [0.05, 0.1) is 13.7 Å². The number of carbonyl (C=O) groups is 1. The molecular weight excluding hydrogens is 276 g/mol. The standard InChI is InChI=1S/C18H22N2O2/c1-12-9-13(2)18(14(3)10-12)19-11-17(21)20-15-5-7-16(22-4)8-6-15/h5-10,19H,11H2,1-4H3,(H,20,21). The van der Waals surface area contributed by atoms with Crippen molar-refractivity contribution in [3.05, 3.63) is 53.1 Å². The van der Waals surface area contributed by atoms with E-state index in [9.17, 15) is 4.79 Å².